The van der Waals surface area contributed by atoms with E-state index in [0.717, 1.165) is 13.2 Å². The van der Waals surface area contributed by atoms with Crippen LogP contribution in [-0.2, 0) is 4.74 Å². The molecule has 0 amide bonds. The van der Waals surface area contributed by atoms with Gasteiger partial charge >= 0.3 is 0 Å². The summed E-state index contributed by atoms with van der Waals surface area (Å²) in [6, 6.07) is 0. The van der Waals surface area contributed by atoms with Crippen molar-refractivity contribution in [3.8, 4) is 0 Å². The summed E-state index contributed by atoms with van der Waals surface area (Å²) in [6.45, 7) is 5.67. The molecule has 5 heavy (non-hydrogen) atoms. The molecule has 0 atom stereocenters. The lowest BCUT2D eigenvalue weighted by molar-refractivity contribution is 0.162. The average Bonchev–Trinajstić information content (AvgIpc) is 1.41. The third-order valence-corrected chi connectivity index (χ3v) is 0.408. The minimum absolute atomic E-state index is 0. The molecular formula is C4H12O. The van der Waals surface area contributed by atoms with Crippen molar-refractivity contribution in [1.29, 1.82) is 0 Å². The molecule has 34 valence electrons. The summed E-state index contributed by atoms with van der Waals surface area (Å²) in [5.41, 5.74) is 0. The summed E-state index contributed by atoms with van der Waals surface area (Å²) in [5, 5.41) is 0. The molecule has 0 spiro atoms. The van der Waals surface area contributed by atoms with Crippen molar-refractivity contribution in [2.45, 2.75) is 13.8 Å². The molecule has 0 saturated heterocycles. The first-order valence-corrected chi connectivity index (χ1v) is 1.99. The minimum atomic E-state index is 0. The molecule has 0 aliphatic carbocycles. The summed E-state index contributed by atoms with van der Waals surface area (Å²) < 4.78 is 4.83. The zero-order valence-corrected chi connectivity index (χ0v) is 3.82. The maximum absolute atomic E-state index is 4.83. The molecule has 1 heteroatoms. The van der Waals surface area contributed by atoms with Crippen LogP contribution in [0.3, 0.4) is 0 Å². The molecule has 0 saturated carbocycles. The fourth-order valence-electron chi connectivity index (χ4n) is 0.204. The van der Waals surface area contributed by atoms with Crippen molar-refractivity contribution >= 4 is 0 Å². The van der Waals surface area contributed by atoms with Crippen LogP contribution < -0.4 is 0 Å². The molecule has 0 aromatic rings. The quantitative estimate of drug-likeness (QED) is 0.481. The second kappa shape index (κ2) is 3.96. The van der Waals surface area contributed by atoms with Crippen molar-refractivity contribution < 1.29 is 6.16 Å². The van der Waals surface area contributed by atoms with E-state index in [2.05, 4.69) is 0 Å². The first kappa shape index (κ1) is 4.96. The van der Waals surface area contributed by atoms with E-state index >= 15 is 0 Å². The molecular weight excluding hydrogens is 64.0 g/mol. The predicted octanol–water partition coefficient (Wildman–Crippen LogP) is 1.29. The van der Waals surface area contributed by atoms with E-state index in [0.29, 0.717) is 0 Å². The Balaban J connectivity index is 0. The van der Waals surface area contributed by atoms with Gasteiger partial charge in [-0.1, -0.05) is 0 Å². The summed E-state index contributed by atoms with van der Waals surface area (Å²) in [7, 11) is 0. The first-order valence-electron chi connectivity index (χ1n) is 1.99. The van der Waals surface area contributed by atoms with Gasteiger partial charge in [0.25, 0.3) is 0 Å². The third-order valence-electron chi connectivity index (χ3n) is 0.408. The predicted molar refractivity (Wildman–Crippen MR) is 24.3 cm³/mol. The smallest absolute Gasteiger partial charge is 0.0437 e. The van der Waals surface area contributed by atoms with Crippen molar-refractivity contribution in [2.75, 3.05) is 13.2 Å². The Labute approximate surface area is 34.4 Å². The minimum Gasteiger partial charge on any atom is -0.382 e. The largest absolute Gasteiger partial charge is 0.382 e. The molecule has 0 bridgehead atoms. The molecule has 0 aliphatic rings. The lowest BCUT2D eigenvalue weighted by Gasteiger charge is -1.86. The van der Waals surface area contributed by atoms with Gasteiger partial charge in [0, 0.05) is 14.6 Å². The average molecular weight is 76.1 g/mol. The van der Waals surface area contributed by atoms with Crippen molar-refractivity contribution in [3.05, 3.63) is 0 Å². The van der Waals surface area contributed by atoms with Gasteiger partial charge in [0.1, 0.15) is 0 Å². The van der Waals surface area contributed by atoms with Crippen LogP contribution >= 0.6 is 0 Å². The van der Waals surface area contributed by atoms with Gasteiger partial charge in [-0.25, -0.2) is 0 Å². The van der Waals surface area contributed by atoms with Crippen LogP contribution in [0.1, 0.15) is 15.3 Å². The maximum Gasteiger partial charge on any atom is 0.0437 e. The third kappa shape index (κ3) is 3.96. The second-order valence-electron chi connectivity index (χ2n) is 0.781. The standard InChI is InChI=1S/C4H10O.H2/c1-3-5-4-2;/h3-4H2,1-2H3;1H. The van der Waals surface area contributed by atoms with Gasteiger partial charge in [-0.3, -0.25) is 0 Å². The Morgan fingerprint density at radius 3 is 1.80 bits per heavy atom. The lowest BCUT2D eigenvalue weighted by atomic mass is 10.8. The normalized spacial score (nSPS) is 8.40. The molecule has 0 N–H and O–H groups in total. The Morgan fingerprint density at radius 2 is 1.80 bits per heavy atom. The number of rotatable bonds is 2. The number of hydrogen-bond donors (Lipinski definition) is 0. The molecule has 0 aromatic carbocycles. The van der Waals surface area contributed by atoms with Crippen LogP contribution in [0.25, 0.3) is 0 Å². The number of ether oxygens (including phenoxy) is 1. The topological polar surface area (TPSA) is 9.23 Å². The first-order chi connectivity index (χ1) is 2.41. The molecule has 0 aliphatic heterocycles. The van der Waals surface area contributed by atoms with E-state index in [4.69, 9.17) is 4.74 Å². The maximum atomic E-state index is 4.83. The Morgan fingerprint density at radius 1 is 1.40 bits per heavy atom. The lowest BCUT2D eigenvalue weighted by Crippen LogP contribution is -1.84. The zero-order valence-electron chi connectivity index (χ0n) is 3.82. The fourth-order valence-corrected chi connectivity index (χ4v) is 0.204. The second-order valence-corrected chi connectivity index (χ2v) is 0.781. The Hall–Kier alpha value is -0.0400. The van der Waals surface area contributed by atoms with Crippen LogP contribution in [0, 0.1) is 0 Å². The van der Waals surface area contributed by atoms with Crippen molar-refractivity contribution in [2.24, 2.45) is 0 Å². The fraction of sp³-hybridized carbons (Fsp3) is 1.00. The van der Waals surface area contributed by atoms with E-state index in [1.807, 2.05) is 13.8 Å². The molecule has 0 rings (SSSR count). The Bertz CT molecular complexity index is 15.0. The van der Waals surface area contributed by atoms with Gasteiger partial charge in [-0.15, -0.1) is 0 Å². The van der Waals surface area contributed by atoms with Crippen LogP contribution in [0.4, 0.5) is 0 Å². The summed E-state index contributed by atoms with van der Waals surface area (Å²) in [4.78, 5) is 0. The van der Waals surface area contributed by atoms with Crippen LogP contribution in [0.5, 0.6) is 0 Å². The summed E-state index contributed by atoms with van der Waals surface area (Å²) in [6.07, 6.45) is 0. The van der Waals surface area contributed by atoms with Crippen molar-refractivity contribution in [3.63, 3.8) is 0 Å². The van der Waals surface area contributed by atoms with E-state index < -0.39 is 0 Å². The van der Waals surface area contributed by atoms with Crippen LogP contribution in [0.15, 0.2) is 0 Å². The zero-order chi connectivity index (χ0) is 4.12. The molecule has 0 heterocycles. The number of hydrogen-bond acceptors (Lipinski definition) is 1. The molecule has 0 radical (unpaired) electrons. The van der Waals surface area contributed by atoms with Crippen molar-refractivity contribution in [1.82, 2.24) is 0 Å². The van der Waals surface area contributed by atoms with E-state index in [-0.39, 0.29) is 1.43 Å². The van der Waals surface area contributed by atoms with Crippen LogP contribution in [0.2, 0.25) is 0 Å². The highest BCUT2D eigenvalue weighted by molar-refractivity contribution is 4.07. The highest BCUT2D eigenvalue weighted by atomic mass is 16.5. The molecule has 1 nitrogen and oxygen atoms in total. The highest BCUT2D eigenvalue weighted by Crippen LogP contribution is 1.64. The summed E-state index contributed by atoms with van der Waals surface area (Å²) in [5.74, 6) is 0. The van der Waals surface area contributed by atoms with Gasteiger partial charge in [-0.2, -0.15) is 0 Å². The molecule has 0 aromatic heterocycles. The van der Waals surface area contributed by atoms with Gasteiger partial charge in [0.15, 0.2) is 0 Å². The van der Waals surface area contributed by atoms with Gasteiger partial charge in [0.05, 0.1) is 0 Å². The van der Waals surface area contributed by atoms with Gasteiger partial charge in [0.2, 0.25) is 0 Å². The Kier molecular flexibility index (Phi) is 3.93. The van der Waals surface area contributed by atoms with Gasteiger partial charge in [-0.05, 0) is 13.8 Å². The van der Waals surface area contributed by atoms with Crippen LogP contribution in [-0.4, -0.2) is 13.2 Å². The molecule has 0 fully saturated rings. The highest BCUT2D eigenvalue weighted by Gasteiger charge is 1.64. The van der Waals surface area contributed by atoms with E-state index in [1.165, 1.54) is 0 Å². The van der Waals surface area contributed by atoms with Gasteiger partial charge < -0.3 is 4.74 Å². The summed E-state index contributed by atoms with van der Waals surface area (Å²) >= 11 is 0. The SMILES string of the molecule is CCOCC.[HH]. The monoisotopic (exact) mass is 76.1 g/mol. The van der Waals surface area contributed by atoms with E-state index in [9.17, 15) is 0 Å². The molecule has 0 unspecified atom stereocenters. The van der Waals surface area contributed by atoms with E-state index in [1.54, 1.807) is 0 Å².